The lowest BCUT2D eigenvalue weighted by molar-refractivity contribution is -0.112. The summed E-state index contributed by atoms with van der Waals surface area (Å²) in [5.74, 6) is 0. The van der Waals surface area contributed by atoms with E-state index in [0.717, 1.165) is 25.9 Å². The van der Waals surface area contributed by atoms with Crippen LogP contribution in [0.5, 0.6) is 0 Å². The van der Waals surface area contributed by atoms with E-state index in [1.54, 1.807) is 0 Å². The lowest BCUT2D eigenvalue weighted by Gasteiger charge is -2.36. The second kappa shape index (κ2) is 19.3. The van der Waals surface area contributed by atoms with Crippen LogP contribution in [0.15, 0.2) is 0 Å². The summed E-state index contributed by atoms with van der Waals surface area (Å²) >= 11 is 5.67. The lowest BCUT2D eigenvalue weighted by atomic mass is 10.2. The van der Waals surface area contributed by atoms with Gasteiger partial charge in [0.05, 0.1) is 0 Å². The maximum Gasteiger partial charge on any atom is 0.503 e. The van der Waals surface area contributed by atoms with Gasteiger partial charge < -0.3 is 31.5 Å². The molecule has 0 radical (unpaired) electrons. The van der Waals surface area contributed by atoms with Crippen LogP contribution in [0.25, 0.3) is 0 Å². The third kappa shape index (κ3) is 11.9. The predicted octanol–water partition coefficient (Wildman–Crippen LogP) is 5.10. The Kier molecular flexibility index (Phi) is 19.3. The molecule has 11 heteroatoms. The molecule has 0 heterocycles. The molecule has 0 spiro atoms. The molecule has 0 amide bonds. The number of carbonyl (C=O) groups is 1. The first-order valence-corrected chi connectivity index (χ1v) is 16.9. The van der Waals surface area contributed by atoms with Gasteiger partial charge in [-0.2, -0.15) is 0 Å². The number of halogens is 1. The molecule has 0 aromatic heterocycles. The average molecular weight is 544 g/mol. The van der Waals surface area contributed by atoms with Crippen LogP contribution in [0.1, 0.15) is 74.7 Å². The van der Waals surface area contributed by atoms with Crippen molar-refractivity contribution in [2.24, 2.45) is 0 Å². The summed E-state index contributed by atoms with van der Waals surface area (Å²) in [5.41, 5.74) is 0.255. The lowest BCUT2D eigenvalue weighted by Crippen LogP contribution is -2.51. The van der Waals surface area contributed by atoms with Crippen molar-refractivity contribution >= 4 is 34.5 Å². The van der Waals surface area contributed by atoms with Crippen LogP contribution in [0.2, 0.25) is 11.1 Å². The minimum Gasteiger partial charge on any atom is -0.374 e. The highest BCUT2D eigenvalue weighted by atomic mass is 35.5. The number of hydrogen-bond acceptors (Lipinski definition) is 8. The highest BCUT2D eigenvalue weighted by Crippen LogP contribution is 2.31. The van der Waals surface area contributed by atoms with Crippen molar-refractivity contribution in [3.05, 3.63) is 0 Å². The van der Waals surface area contributed by atoms with E-state index in [9.17, 15) is 4.79 Å². The fourth-order valence-corrected chi connectivity index (χ4v) is 9.67. The zero-order valence-electron chi connectivity index (χ0n) is 22.8. The minimum absolute atomic E-state index is 0.128. The topological polar surface area (TPSA) is 75.7 Å². The zero-order chi connectivity index (χ0) is 26.0. The van der Waals surface area contributed by atoms with Gasteiger partial charge in [-0.15, -0.1) is 0 Å². The molecule has 204 valence electrons. The van der Waals surface area contributed by atoms with E-state index in [4.69, 9.17) is 38.2 Å². The van der Waals surface area contributed by atoms with Gasteiger partial charge >= 0.3 is 17.6 Å². The van der Waals surface area contributed by atoms with Gasteiger partial charge in [0.15, 0.2) is 0 Å². The molecule has 34 heavy (non-hydrogen) atoms. The number of nitrogens with zero attached hydrogens (tertiary/aromatic N) is 1. The summed E-state index contributed by atoms with van der Waals surface area (Å²) in [5, 5.41) is -0.325. The van der Waals surface area contributed by atoms with Crippen molar-refractivity contribution in [3.8, 4) is 0 Å². The second-order valence-electron chi connectivity index (χ2n) is 8.13. The van der Waals surface area contributed by atoms with E-state index in [0.29, 0.717) is 52.6 Å². The Morgan fingerprint density at radius 1 is 0.647 bits per heavy atom. The summed E-state index contributed by atoms with van der Waals surface area (Å²) in [6.07, 6.45) is 1.98. The molecule has 0 saturated carbocycles. The molecule has 8 nitrogen and oxygen atoms in total. The van der Waals surface area contributed by atoms with Crippen LogP contribution in [-0.4, -0.2) is 87.0 Å². The molecule has 0 aliphatic carbocycles. The zero-order valence-corrected chi connectivity index (χ0v) is 25.6. The Bertz CT molecular complexity index is 464. The van der Waals surface area contributed by atoms with Gasteiger partial charge in [0.2, 0.25) is 5.24 Å². The van der Waals surface area contributed by atoms with Gasteiger partial charge in [-0.25, -0.2) is 0 Å². The highest BCUT2D eigenvalue weighted by Gasteiger charge is 2.47. The quantitative estimate of drug-likeness (QED) is 0.130. The van der Waals surface area contributed by atoms with E-state index in [-0.39, 0.29) is 16.3 Å². The van der Waals surface area contributed by atoms with Gasteiger partial charge in [0.1, 0.15) is 0 Å². The van der Waals surface area contributed by atoms with Crippen molar-refractivity contribution in [3.63, 3.8) is 0 Å². The number of hydrogen-bond donors (Lipinski definition) is 0. The van der Waals surface area contributed by atoms with E-state index in [1.165, 1.54) is 0 Å². The smallest absolute Gasteiger partial charge is 0.374 e. The summed E-state index contributed by atoms with van der Waals surface area (Å²) in [4.78, 5) is 13.8. The molecule has 0 bridgehead atoms. The summed E-state index contributed by atoms with van der Waals surface area (Å²) in [6.45, 7) is 21.6. The molecule has 2 unspecified atom stereocenters. The maximum absolute atomic E-state index is 11.5. The van der Waals surface area contributed by atoms with Crippen molar-refractivity contribution in [1.82, 2.24) is 4.90 Å². The van der Waals surface area contributed by atoms with Crippen LogP contribution < -0.4 is 0 Å². The first-order chi connectivity index (χ1) is 16.2. The molecule has 0 aromatic carbocycles. The molecule has 0 rings (SSSR count). The SMILES string of the molecule is CCO[Si](OCC)(OCC)C(C)CCN(CCC(=O)Cl)CCC(C)[Si](OCC)(OCC)OCC. The van der Waals surface area contributed by atoms with Crippen LogP contribution in [0, 0.1) is 0 Å². The highest BCUT2D eigenvalue weighted by molar-refractivity contribution is 6.63. The summed E-state index contributed by atoms with van der Waals surface area (Å²) < 4.78 is 36.5. The Morgan fingerprint density at radius 2 is 0.941 bits per heavy atom. The standard InChI is InChI=1S/C23H50ClNO7Si2/c1-9-27-33(28-10-2,29-11-3)21(7)15-18-25(20-17-23(24)26)19-16-22(8)34(30-12-4,31-13-5)32-14-6/h21-22H,9-20H2,1-8H3. The molecule has 0 aliphatic rings. The van der Waals surface area contributed by atoms with Gasteiger partial charge in [0, 0.05) is 63.7 Å². The molecular formula is C23H50ClNO7Si2. The predicted molar refractivity (Wildman–Crippen MR) is 141 cm³/mol. The molecule has 0 fully saturated rings. The van der Waals surface area contributed by atoms with Gasteiger partial charge in [0.25, 0.3) is 0 Å². The largest absolute Gasteiger partial charge is 0.503 e. The van der Waals surface area contributed by atoms with E-state index >= 15 is 0 Å². The Labute approximate surface area is 215 Å². The van der Waals surface area contributed by atoms with Gasteiger partial charge in [-0.1, -0.05) is 13.8 Å². The molecule has 0 saturated heterocycles. The van der Waals surface area contributed by atoms with Crippen LogP contribution in [0.4, 0.5) is 0 Å². The van der Waals surface area contributed by atoms with Crippen LogP contribution in [-0.2, 0) is 31.4 Å². The van der Waals surface area contributed by atoms with Gasteiger partial charge in [-0.05, 0) is 79.1 Å². The van der Waals surface area contributed by atoms with Crippen molar-refractivity contribution in [1.29, 1.82) is 0 Å². The molecule has 0 aliphatic heterocycles. The first-order valence-electron chi connectivity index (χ1n) is 12.9. The second-order valence-corrected chi connectivity index (χ2v) is 14.7. The van der Waals surface area contributed by atoms with Crippen molar-refractivity contribution < 1.29 is 31.4 Å². The third-order valence-electron chi connectivity index (χ3n) is 5.66. The Hall–Kier alpha value is 0.114. The van der Waals surface area contributed by atoms with E-state index in [1.807, 2.05) is 41.5 Å². The minimum atomic E-state index is -2.79. The molecular weight excluding hydrogens is 494 g/mol. The molecule has 0 N–H and O–H groups in total. The fourth-order valence-electron chi connectivity index (χ4n) is 4.00. The number of carbonyl (C=O) groups excluding carboxylic acids is 1. The summed E-state index contributed by atoms with van der Waals surface area (Å²) in [7, 11) is -5.58. The van der Waals surface area contributed by atoms with E-state index < -0.39 is 17.6 Å². The number of rotatable bonds is 23. The van der Waals surface area contributed by atoms with Gasteiger partial charge in [-0.3, -0.25) is 4.79 Å². The Balaban J connectivity index is 5.37. The summed E-state index contributed by atoms with van der Waals surface area (Å²) in [6, 6.07) is 0. The van der Waals surface area contributed by atoms with Crippen molar-refractivity contribution in [2.45, 2.75) is 85.7 Å². The monoisotopic (exact) mass is 543 g/mol. The van der Waals surface area contributed by atoms with E-state index in [2.05, 4.69) is 18.7 Å². The average Bonchev–Trinajstić information content (AvgIpc) is 2.78. The Morgan fingerprint density at radius 3 is 1.18 bits per heavy atom. The van der Waals surface area contributed by atoms with Crippen molar-refractivity contribution in [2.75, 3.05) is 59.3 Å². The normalized spacial score (nSPS) is 14.5. The first kappa shape index (κ1) is 34.1. The molecule has 2 atom stereocenters. The van der Waals surface area contributed by atoms with Crippen LogP contribution >= 0.6 is 11.6 Å². The fraction of sp³-hybridized carbons (Fsp3) is 0.957. The van der Waals surface area contributed by atoms with Crippen LogP contribution in [0.3, 0.4) is 0 Å². The third-order valence-corrected chi connectivity index (χ3v) is 13.0. The molecule has 0 aromatic rings. The maximum atomic E-state index is 11.5.